The Morgan fingerprint density at radius 3 is 2.75 bits per heavy atom. The second kappa shape index (κ2) is 8.15. The van der Waals surface area contributed by atoms with E-state index in [4.69, 9.17) is 0 Å². The van der Waals surface area contributed by atoms with Crippen molar-refractivity contribution in [2.75, 3.05) is 26.2 Å². The molecular weight excluding hydrogens is 352 g/mol. The number of aliphatic hydroxyl groups is 1. The normalized spacial score (nSPS) is 29.4. The van der Waals surface area contributed by atoms with Crippen molar-refractivity contribution < 1.29 is 9.90 Å². The molecule has 1 saturated carbocycles. The van der Waals surface area contributed by atoms with Gasteiger partial charge in [0.2, 0.25) is 5.91 Å². The first kappa shape index (κ1) is 19.9. The highest BCUT2D eigenvalue weighted by Crippen LogP contribution is 2.37. The molecule has 0 aromatic carbocycles. The summed E-state index contributed by atoms with van der Waals surface area (Å²) < 4.78 is 2.25. The minimum absolute atomic E-state index is 0.154. The maximum Gasteiger partial charge on any atom is 0.225 e. The van der Waals surface area contributed by atoms with Crippen molar-refractivity contribution in [3.63, 3.8) is 0 Å². The lowest BCUT2D eigenvalue weighted by Crippen LogP contribution is -2.61. The van der Waals surface area contributed by atoms with Crippen molar-refractivity contribution >= 4 is 5.91 Å². The average molecular weight is 389 g/mol. The zero-order valence-electron chi connectivity index (χ0n) is 17.5. The average Bonchev–Trinajstić information content (AvgIpc) is 3.33. The van der Waals surface area contributed by atoms with Crippen molar-refractivity contribution in [2.45, 2.75) is 71.1 Å². The summed E-state index contributed by atoms with van der Waals surface area (Å²) in [4.78, 5) is 21.7. The smallest absolute Gasteiger partial charge is 0.225 e. The van der Waals surface area contributed by atoms with E-state index < -0.39 is 5.60 Å². The molecule has 2 saturated heterocycles. The third-order valence-electron chi connectivity index (χ3n) is 7.12. The molecule has 1 aromatic heterocycles. The summed E-state index contributed by atoms with van der Waals surface area (Å²) in [7, 11) is 0. The van der Waals surface area contributed by atoms with E-state index in [2.05, 4.69) is 33.2 Å². The van der Waals surface area contributed by atoms with E-state index >= 15 is 0 Å². The number of carbonyl (C=O) groups excluding carboxylic acids is 1. The molecule has 1 N–H and O–H groups in total. The second-order valence-electron chi connectivity index (χ2n) is 9.73. The van der Waals surface area contributed by atoms with Gasteiger partial charge in [0.15, 0.2) is 0 Å². The van der Waals surface area contributed by atoms with Crippen LogP contribution in [0.1, 0.15) is 58.1 Å². The number of nitrogens with zero attached hydrogens (tertiary/aromatic N) is 4. The third-order valence-corrected chi connectivity index (χ3v) is 7.12. The topological polar surface area (TPSA) is 61.6 Å². The van der Waals surface area contributed by atoms with Gasteiger partial charge in [-0.3, -0.25) is 9.69 Å². The molecule has 0 bridgehead atoms. The fourth-order valence-electron chi connectivity index (χ4n) is 5.41. The molecular formula is C22H36N4O2. The maximum atomic E-state index is 12.9. The SMILES string of the molecule is CC(C)Cn1cncc1CN1CC[C@@]2(O)CCN(C(=O)C3CCCC3)C[C@H]2C1. The van der Waals surface area contributed by atoms with Crippen LogP contribution in [-0.2, 0) is 17.9 Å². The summed E-state index contributed by atoms with van der Waals surface area (Å²) in [5, 5.41) is 11.2. The minimum Gasteiger partial charge on any atom is -0.389 e. The molecule has 0 unspecified atom stereocenters. The van der Waals surface area contributed by atoms with Crippen LogP contribution < -0.4 is 0 Å². The summed E-state index contributed by atoms with van der Waals surface area (Å²) in [5.74, 6) is 1.32. The van der Waals surface area contributed by atoms with E-state index in [-0.39, 0.29) is 11.8 Å². The molecule has 6 nitrogen and oxygen atoms in total. The lowest BCUT2D eigenvalue weighted by molar-refractivity contribution is -0.150. The van der Waals surface area contributed by atoms with Gasteiger partial charge in [0.1, 0.15) is 0 Å². The van der Waals surface area contributed by atoms with Crippen molar-refractivity contribution in [1.82, 2.24) is 19.4 Å². The lowest BCUT2D eigenvalue weighted by atomic mass is 9.75. The van der Waals surface area contributed by atoms with Crippen molar-refractivity contribution in [3.8, 4) is 0 Å². The Kier molecular flexibility index (Phi) is 5.79. The summed E-state index contributed by atoms with van der Waals surface area (Å²) in [6.45, 7) is 9.52. The Morgan fingerprint density at radius 2 is 2.00 bits per heavy atom. The summed E-state index contributed by atoms with van der Waals surface area (Å²) in [6.07, 6.45) is 9.92. The fourth-order valence-corrected chi connectivity index (χ4v) is 5.41. The van der Waals surface area contributed by atoms with Crippen molar-refractivity contribution in [3.05, 3.63) is 18.2 Å². The first-order valence-corrected chi connectivity index (χ1v) is 11.2. The largest absolute Gasteiger partial charge is 0.389 e. The predicted molar refractivity (Wildman–Crippen MR) is 109 cm³/mol. The lowest BCUT2D eigenvalue weighted by Gasteiger charge is -2.50. The van der Waals surface area contributed by atoms with Crippen LogP contribution in [0.3, 0.4) is 0 Å². The van der Waals surface area contributed by atoms with Gasteiger partial charge in [-0.2, -0.15) is 0 Å². The number of hydrogen-bond donors (Lipinski definition) is 1. The molecule has 1 amide bonds. The van der Waals surface area contributed by atoms with E-state index in [0.717, 1.165) is 58.4 Å². The fraction of sp³-hybridized carbons (Fsp3) is 0.818. The van der Waals surface area contributed by atoms with E-state index in [9.17, 15) is 9.90 Å². The Balaban J connectivity index is 1.39. The monoisotopic (exact) mass is 388 g/mol. The Labute approximate surface area is 168 Å². The number of amides is 1. The van der Waals surface area contributed by atoms with Crippen molar-refractivity contribution in [1.29, 1.82) is 0 Å². The first-order chi connectivity index (χ1) is 13.4. The van der Waals surface area contributed by atoms with Crippen molar-refractivity contribution in [2.24, 2.45) is 17.8 Å². The third kappa shape index (κ3) is 4.13. The maximum absolute atomic E-state index is 12.9. The number of aromatic nitrogens is 2. The van der Waals surface area contributed by atoms with Gasteiger partial charge in [-0.1, -0.05) is 26.7 Å². The molecule has 6 heteroatoms. The predicted octanol–water partition coefficient (Wildman–Crippen LogP) is 2.51. The highest BCUT2D eigenvalue weighted by Gasteiger charge is 2.46. The molecule has 0 spiro atoms. The molecule has 3 fully saturated rings. The molecule has 0 radical (unpaired) electrons. The van der Waals surface area contributed by atoms with E-state index in [0.29, 0.717) is 18.4 Å². The van der Waals surface area contributed by atoms with Gasteiger partial charge in [-0.15, -0.1) is 0 Å². The van der Waals surface area contributed by atoms with Crippen LogP contribution in [0, 0.1) is 17.8 Å². The van der Waals surface area contributed by atoms with Gasteiger partial charge < -0.3 is 14.6 Å². The standard InChI is InChI=1S/C22H36N4O2/c1-17(2)12-26-16-23-11-20(26)15-24-9-7-22(28)8-10-25(14-19(22)13-24)21(27)18-5-3-4-6-18/h11,16-19,28H,3-10,12-15H2,1-2H3/t19-,22-/m1/s1. The first-order valence-electron chi connectivity index (χ1n) is 11.2. The Hall–Kier alpha value is -1.40. The Morgan fingerprint density at radius 1 is 1.25 bits per heavy atom. The van der Waals surface area contributed by atoms with Gasteiger partial charge in [0.05, 0.1) is 17.6 Å². The molecule has 28 heavy (non-hydrogen) atoms. The number of imidazole rings is 1. The number of hydrogen-bond acceptors (Lipinski definition) is 4. The minimum atomic E-state index is -0.596. The van der Waals surface area contributed by atoms with E-state index in [1.807, 2.05) is 12.5 Å². The van der Waals surface area contributed by atoms with Crippen LogP contribution in [-0.4, -0.2) is 62.1 Å². The quantitative estimate of drug-likeness (QED) is 0.842. The number of fused-ring (bicyclic) bond motifs is 1. The number of carbonyl (C=O) groups is 1. The molecule has 2 aliphatic heterocycles. The zero-order valence-corrected chi connectivity index (χ0v) is 17.5. The Bertz CT molecular complexity index is 682. The van der Waals surface area contributed by atoms with Gasteiger partial charge in [0.25, 0.3) is 0 Å². The molecule has 4 rings (SSSR count). The van der Waals surface area contributed by atoms with Gasteiger partial charge in [-0.25, -0.2) is 4.98 Å². The van der Waals surface area contributed by atoms with Crippen LogP contribution in [0.25, 0.3) is 0 Å². The molecule has 1 aliphatic carbocycles. The number of piperidine rings is 2. The molecule has 3 heterocycles. The molecule has 156 valence electrons. The van der Waals surface area contributed by atoms with Crippen LogP contribution >= 0.6 is 0 Å². The summed E-state index contributed by atoms with van der Waals surface area (Å²) >= 11 is 0. The summed E-state index contributed by atoms with van der Waals surface area (Å²) in [5.41, 5.74) is 0.648. The van der Waals surface area contributed by atoms with Gasteiger partial charge in [0, 0.05) is 57.3 Å². The number of likely N-dealkylation sites (tertiary alicyclic amines) is 2. The zero-order chi connectivity index (χ0) is 19.7. The molecule has 3 aliphatic rings. The van der Waals surface area contributed by atoms with Crippen LogP contribution in [0.4, 0.5) is 0 Å². The highest BCUT2D eigenvalue weighted by atomic mass is 16.3. The van der Waals surface area contributed by atoms with Gasteiger partial charge in [-0.05, 0) is 31.6 Å². The van der Waals surface area contributed by atoms with Crippen LogP contribution in [0.2, 0.25) is 0 Å². The van der Waals surface area contributed by atoms with E-state index in [1.54, 1.807) is 0 Å². The van der Waals surface area contributed by atoms with E-state index in [1.165, 1.54) is 18.5 Å². The highest BCUT2D eigenvalue weighted by molar-refractivity contribution is 5.79. The number of rotatable bonds is 5. The second-order valence-corrected chi connectivity index (χ2v) is 9.73. The van der Waals surface area contributed by atoms with Crippen LogP contribution in [0.5, 0.6) is 0 Å². The molecule has 2 atom stereocenters. The molecule has 1 aromatic rings. The summed E-state index contributed by atoms with van der Waals surface area (Å²) in [6, 6.07) is 0. The van der Waals surface area contributed by atoms with Crippen LogP contribution in [0.15, 0.2) is 12.5 Å². The van der Waals surface area contributed by atoms with Gasteiger partial charge >= 0.3 is 0 Å².